The monoisotopic (exact) mass is 374 g/mol. The number of alkyl halides is 1. The Bertz CT molecular complexity index is 336. The molecule has 0 radical (unpaired) electrons. The van der Waals surface area contributed by atoms with E-state index >= 15 is 0 Å². The van der Waals surface area contributed by atoms with Crippen LogP contribution in [0.15, 0.2) is 28.7 Å². The molecule has 1 aromatic rings. The largest absolute Gasteiger partial charge is 0.0921 e. The average Bonchev–Trinajstić information content (AvgIpc) is 2.40. The van der Waals surface area contributed by atoms with Gasteiger partial charge in [-0.15, -0.1) is 0 Å². The summed E-state index contributed by atoms with van der Waals surface area (Å²) in [5.41, 5.74) is 1.45. The number of benzene rings is 1. The Morgan fingerprint density at radius 1 is 1.17 bits per heavy atom. The van der Waals surface area contributed by atoms with E-state index in [1.54, 1.807) is 0 Å². The second-order valence-electron chi connectivity index (χ2n) is 5.02. The minimum Gasteiger partial charge on any atom is -0.0921 e. The lowest BCUT2D eigenvalue weighted by Crippen LogP contribution is -2.09. The van der Waals surface area contributed by atoms with Crippen molar-refractivity contribution in [2.45, 2.75) is 51.9 Å². The summed E-state index contributed by atoms with van der Waals surface area (Å²) in [4.78, 5) is 0. The van der Waals surface area contributed by atoms with Crippen LogP contribution in [0, 0.1) is 5.92 Å². The maximum absolute atomic E-state index is 3.69. The van der Waals surface area contributed by atoms with Crippen molar-refractivity contribution in [1.29, 1.82) is 0 Å². The lowest BCUT2D eigenvalue weighted by atomic mass is 9.86. The SMILES string of the molecule is CCCCC(CC)CC(CBr)c1ccccc1Br. The zero-order valence-electron chi connectivity index (χ0n) is 11.5. The first kappa shape index (κ1) is 16.2. The van der Waals surface area contributed by atoms with Gasteiger partial charge in [-0.05, 0) is 29.9 Å². The number of unbranched alkanes of at least 4 members (excludes halogenated alkanes) is 1. The average molecular weight is 376 g/mol. The molecule has 0 saturated heterocycles. The lowest BCUT2D eigenvalue weighted by molar-refractivity contribution is 0.396. The molecule has 0 aliphatic carbocycles. The molecule has 2 heteroatoms. The summed E-state index contributed by atoms with van der Waals surface area (Å²) in [5, 5.41) is 1.05. The Hall–Kier alpha value is 0.180. The first-order valence-corrected chi connectivity index (χ1v) is 8.94. The summed E-state index contributed by atoms with van der Waals surface area (Å²) in [7, 11) is 0. The van der Waals surface area contributed by atoms with E-state index in [0.717, 1.165) is 11.2 Å². The molecule has 2 atom stereocenters. The molecule has 18 heavy (non-hydrogen) atoms. The summed E-state index contributed by atoms with van der Waals surface area (Å²) >= 11 is 7.37. The van der Waals surface area contributed by atoms with Gasteiger partial charge in [-0.2, -0.15) is 0 Å². The van der Waals surface area contributed by atoms with Gasteiger partial charge in [0.25, 0.3) is 0 Å². The van der Waals surface area contributed by atoms with Gasteiger partial charge < -0.3 is 0 Å². The minimum absolute atomic E-state index is 0.627. The summed E-state index contributed by atoms with van der Waals surface area (Å²) in [6, 6.07) is 8.64. The summed E-state index contributed by atoms with van der Waals surface area (Å²) in [6.07, 6.45) is 6.65. The van der Waals surface area contributed by atoms with E-state index < -0.39 is 0 Å². The van der Waals surface area contributed by atoms with Crippen LogP contribution in [-0.2, 0) is 0 Å². The molecule has 0 fully saturated rings. The Morgan fingerprint density at radius 3 is 2.44 bits per heavy atom. The van der Waals surface area contributed by atoms with Crippen LogP contribution in [0.25, 0.3) is 0 Å². The smallest absolute Gasteiger partial charge is 0.0210 e. The maximum Gasteiger partial charge on any atom is 0.0210 e. The van der Waals surface area contributed by atoms with Crippen LogP contribution >= 0.6 is 31.9 Å². The molecule has 1 rings (SSSR count). The Morgan fingerprint density at radius 2 is 1.89 bits per heavy atom. The molecule has 0 amide bonds. The third kappa shape index (κ3) is 5.05. The Labute approximate surface area is 129 Å². The van der Waals surface area contributed by atoms with Crippen molar-refractivity contribution in [3.63, 3.8) is 0 Å². The van der Waals surface area contributed by atoms with E-state index in [1.807, 2.05) is 0 Å². The highest BCUT2D eigenvalue weighted by Crippen LogP contribution is 2.33. The zero-order chi connectivity index (χ0) is 13.4. The first-order chi connectivity index (χ1) is 8.72. The molecule has 0 aromatic heterocycles. The van der Waals surface area contributed by atoms with Gasteiger partial charge in [0.05, 0.1) is 0 Å². The number of hydrogen-bond acceptors (Lipinski definition) is 0. The van der Waals surface area contributed by atoms with Gasteiger partial charge in [-0.1, -0.05) is 89.6 Å². The molecule has 0 saturated carbocycles. The van der Waals surface area contributed by atoms with Crippen molar-refractivity contribution >= 4 is 31.9 Å². The molecular formula is C16H24Br2. The van der Waals surface area contributed by atoms with Crippen LogP contribution in [0.3, 0.4) is 0 Å². The number of hydrogen-bond donors (Lipinski definition) is 0. The Balaban J connectivity index is 2.68. The Kier molecular flexibility index (Phi) is 8.25. The molecule has 1 aromatic carbocycles. The third-order valence-corrected chi connectivity index (χ3v) is 5.20. The fourth-order valence-electron chi connectivity index (χ4n) is 2.46. The van der Waals surface area contributed by atoms with E-state index in [2.05, 4.69) is 70.0 Å². The lowest BCUT2D eigenvalue weighted by Gasteiger charge is -2.22. The molecule has 2 unspecified atom stereocenters. The normalized spacial score (nSPS) is 14.4. The standard InChI is InChI=1S/C16H24Br2/c1-3-5-8-13(4-2)11-14(12-17)15-9-6-7-10-16(15)18/h6-7,9-10,13-14H,3-5,8,11-12H2,1-2H3. The molecule has 0 heterocycles. The third-order valence-electron chi connectivity index (χ3n) is 3.69. The van der Waals surface area contributed by atoms with Gasteiger partial charge in [0.1, 0.15) is 0 Å². The fraction of sp³-hybridized carbons (Fsp3) is 0.625. The van der Waals surface area contributed by atoms with Crippen molar-refractivity contribution in [1.82, 2.24) is 0 Å². The molecule has 0 aliphatic rings. The summed E-state index contributed by atoms with van der Waals surface area (Å²) in [5.74, 6) is 1.49. The van der Waals surface area contributed by atoms with Crippen LogP contribution in [0.5, 0.6) is 0 Å². The first-order valence-electron chi connectivity index (χ1n) is 7.03. The quantitative estimate of drug-likeness (QED) is 0.452. The molecule has 0 aliphatic heterocycles. The molecule has 0 spiro atoms. The zero-order valence-corrected chi connectivity index (χ0v) is 14.6. The second-order valence-corrected chi connectivity index (χ2v) is 6.53. The highest BCUT2D eigenvalue weighted by Gasteiger charge is 2.17. The van der Waals surface area contributed by atoms with E-state index in [0.29, 0.717) is 5.92 Å². The molecule has 0 nitrogen and oxygen atoms in total. The van der Waals surface area contributed by atoms with Crippen LogP contribution in [0.1, 0.15) is 57.4 Å². The summed E-state index contributed by atoms with van der Waals surface area (Å²) < 4.78 is 1.25. The van der Waals surface area contributed by atoms with E-state index in [4.69, 9.17) is 0 Å². The van der Waals surface area contributed by atoms with Crippen LogP contribution in [0.4, 0.5) is 0 Å². The number of rotatable bonds is 8. The van der Waals surface area contributed by atoms with Crippen molar-refractivity contribution in [3.8, 4) is 0 Å². The predicted molar refractivity (Wildman–Crippen MR) is 88.6 cm³/mol. The van der Waals surface area contributed by atoms with E-state index in [1.165, 1.54) is 42.1 Å². The van der Waals surface area contributed by atoms with Crippen LogP contribution in [-0.4, -0.2) is 5.33 Å². The molecule has 0 N–H and O–H groups in total. The van der Waals surface area contributed by atoms with Crippen LogP contribution in [0.2, 0.25) is 0 Å². The molecule has 102 valence electrons. The highest BCUT2D eigenvalue weighted by molar-refractivity contribution is 9.10. The van der Waals surface area contributed by atoms with Crippen molar-refractivity contribution in [2.24, 2.45) is 5.92 Å². The minimum atomic E-state index is 0.627. The second kappa shape index (κ2) is 9.14. The summed E-state index contributed by atoms with van der Waals surface area (Å²) in [6.45, 7) is 4.61. The molecular weight excluding hydrogens is 352 g/mol. The van der Waals surface area contributed by atoms with Gasteiger partial charge in [-0.25, -0.2) is 0 Å². The maximum atomic E-state index is 3.69. The predicted octanol–water partition coefficient (Wildman–Crippen LogP) is 6.53. The number of halogens is 2. The van der Waals surface area contributed by atoms with Gasteiger partial charge in [0, 0.05) is 9.80 Å². The molecule has 0 bridgehead atoms. The van der Waals surface area contributed by atoms with Gasteiger partial charge in [0.15, 0.2) is 0 Å². The van der Waals surface area contributed by atoms with Crippen molar-refractivity contribution in [3.05, 3.63) is 34.3 Å². The van der Waals surface area contributed by atoms with E-state index in [-0.39, 0.29) is 0 Å². The highest BCUT2D eigenvalue weighted by atomic mass is 79.9. The van der Waals surface area contributed by atoms with Gasteiger partial charge in [0.2, 0.25) is 0 Å². The van der Waals surface area contributed by atoms with Crippen molar-refractivity contribution in [2.75, 3.05) is 5.33 Å². The topological polar surface area (TPSA) is 0 Å². The van der Waals surface area contributed by atoms with Crippen LogP contribution < -0.4 is 0 Å². The van der Waals surface area contributed by atoms with E-state index in [9.17, 15) is 0 Å². The van der Waals surface area contributed by atoms with Gasteiger partial charge >= 0.3 is 0 Å². The van der Waals surface area contributed by atoms with Crippen molar-refractivity contribution < 1.29 is 0 Å². The fourth-order valence-corrected chi connectivity index (χ4v) is 3.68. The van der Waals surface area contributed by atoms with Gasteiger partial charge in [-0.3, -0.25) is 0 Å².